The molecular weight excluding hydrogens is 293 g/mol. The van der Waals surface area contributed by atoms with E-state index < -0.39 is 16.5 Å². The minimum atomic E-state index is -2.57. The topological polar surface area (TPSA) is 64.8 Å². The van der Waals surface area contributed by atoms with Crippen molar-refractivity contribution < 1.29 is 12.8 Å². The molecule has 2 aromatic heterocycles. The Morgan fingerprint density at radius 1 is 1.42 bits per heavy atom. The second-order valence-electron chi connectivity index (χ2n) is 4.02. The van der Waals surface area contributed by atoms with Crippen molar-refractivity contribution in [2.75, 3.05) is 0 Å². The zero-order valence-electron chi connectivity index (χ0n) is 10.2. The molecule has 0 aromatic carbocycles. The third-order valence-electron chi connectivity index (χ3n) is 2.74. The van der Waals surface area contributed by atoms with Gasteiger partial charge in [-0.25, -0.2) is 17.8 Å². The lowest BCUT2D eigenvalue weighted by Crippen LogP contribution is -2.00. The van der Waals surface area contributed by atoms with E-state index in [1.165, 1.54) is 10.9 Å². The summed E-state index contributed by atoms with van der Waals surface area (Å²) >= 11 is 5.64. The van der Waals surface area contributed by atoms with E-state index in [4.69, 9.17) is 11.6 Å². The van der Waals surface area contributed by atoms with Crippen LogP contribution in [-0.2, 0) is 23.5 Å². The zero-order chi connectivity index (χ0) is 14.2. The summed E-state index contributed by atoms with van der Waals surface area (Å²) in [7, 11) is -0.964. The fraction of sp³-hybridized carbons (Fsp3) is 0.273. The Morgan fingerprint density at radius 2 is 2.11 bits per heavy atom. The third kappa shape index (κ3) is 2.76. The largest absolute Gasteiger partial charge is 0.271 e. The van der Waals surface area contributed by atoms with E-state index in [9.17, 15) is 12.8 Å². The van der Waals surface area contributed by atoms with Gasteiger partial charge in [0.05, 0.1) is 16.5 Å². The fourth-order valence-corrected chi connectivity index (χ4v) is 2.65. The van der Waals surface area contributed by atoms with Crippen molar-refractivity contribution in [2.45, 2.75) is 12.7 Å². The van der Waals surface area contributed by atoms with Gasteiger partial charge in [-0.1, -0.05) is 11.6 Å². The molecule has 2 aromatic rings. The maximum Gasteiger partial charge on any atom is 0.152 e. The lowest BCUT2D eigenvalue weighted by molar-refractivity contribution is 0.610. The Kier molecular flexibility index (Phi) is 3.86. The first-order valence-electron chi connectivity index (χ1n) is 5.36. The predicted octanol–water partition coefficient (Wildman–Crippen LogP) is 1.69. The van der Waals surface area contributed by atoms with Gasteiger partial charge in [-0.2, -0.15) is 5.10 Å². The first-order valence-corrected chi connectivity index (χ1v) is 7.10. The van der Waals surface area contributed by atoms with E-state index in [0.717, 1.165) is 6.07 Å². The Balaban J connectivity index is 2.57. The lowest BCUT2D eigenvalue weighted by Gasteiger charge is -2.00. The summed E-state index contributed by atoms with van der Waals surface area (Å²) in [4.78, 5) is 3.91. The molecule has 19 heavy (non-hydrogen) atoms. The summed E-state index contributed by atoms with van der Waals surface area (Å²) in [5.41, 5.74) is 1.49. The minimum absolute atomic E-state index is 0.0601. The van der Waals surface area contributed by atoms with Crippen LogP contribution in [0.15, 0.2) is 12.3 Å². The predicted molar refractivity (Wildman–Crippen MR) is 70.2 cm³/mol. The molecule has 0 saturated heterocycles. The van der Waals surface area contributed by atoms with Crippen LogP contribution in [0, 0.1) is 12.7 Å². The zero-order valence-corrected chi connectivity index (χ0v) is 11.9. The molecule has 0 spiro atoms. The number of rotatable bonds is 3. The van der Waals surface area contributed by atoms with E-state index in [2.05, 4.69) is 10.1 Å². The Hall–Kier alpha value is -1.47. The number of hydrogen-bond acceptors (Lipinski definition) is 4. The number of nitrogens with zero attached hydrogens (tertiary/aromatic N) is 3. The smallest absolute Gasteiger partial charge is 0.152 e. The van der Waals surface area contributed by atoms with Gasteiger partial charge >= 0.3 is 0 Å². The highest BCUT2D eigenvalue weighted by atomic mass is 35.5. The van der Waals surface area contributed by atoms with E-state index in [-0.39, 0.29) is 16.5 Å². The molecule has 0 N–H and O–H groups in total. The molecule has 8 heteroatoms. The van der Waals surface area contributed by atoms with Gasteiger partial charge in [-0.15, -0.1) is 0 Å². The molecule has 0 radical (unpaired) electrons. The number of hydrogen-bond donors (Lipinski definition) is 1. The van der Waals surface area contributed by atoms with Gasteiger partial charge in [-0.3, -0.25) is 4.68 Å². The van der Waals surface area contributed by atoms with Crippen LogP contribution in [0.3, 0.4) is 0 Å². The van der Waals surface area contributed by atoms with Crippen LogP contribution in [0.2, 0.25) is 5.02 Å². The summed E-state index contributed by atoms with van der Waals surface area (Å²) in [6.45, 7) is 1.69. The third-order valence-corrected chi connectivity index (χ3v) is 3.50. The second-order valence-corrected chi connectivity index (χ2v) is 5.44. The highest BCUT2D eigenvalue weighted by Crippen LogP contribution is 2.26. The summed E-state index contributed by atoms with van der Waals surface area (Å²) in [5, 5.41) is 4.32. The molecule has 0 aliphatic carbocycles. The molecule has 0 aliphatic rings. The maximum atomic E-state index is 13.8. The van der Waals surface area contributed by atoms with Crippen LogP contribution in [0.1, 0.15) is 11.3 Å². The number of pyridine rings is 1. The van der Waals surface area contributed by atoms with E-state index in [0.29, 0.717) is 17.0 Å². The lowest BCUT2D eigenvalue weighted by atomic mass is 10.1. The van der Waals surface area contributed by atoms with Gasteiger partial charge in [0.2, 0.25) is 0 Å². The molecule has 0 bridgehead atoms. The standard InChI is InChI=1S/C11H11ClFN3O2S/c1-6-9(5-19(17)18)16(2)15-10(6)11-8(13)3-7(12)4-14-11/h3-4,19H,5H2,1-2H3. The van der Waals surface area contributed by atoms with E-state index in [1.54, 1.807) is 14.0 Å². The van der Waals surface area contributed by atoms with Crippen LogP contribution >= 0.6 is 11.6 Å². The highest BCUT2D eigenvalue weighted by molar-refractivity contribution is 7.71. The first-order chi connectivity index (χ1) is 8.90. The average Bonchev–Trinajstić information content (AvgIpc) is 2.57. The summed E-state index contributed by atoms with van der Waals surface area (Å²) in [6.07, 6.45) is 1.32. The quantitative estimate of drug-likeness (QED) is 0.877. The van der Waals surface area contributed by atoms with Crippen molar-refractivity contribution in [3.63, 3.8) is 0 Å². The molecule has 0 unspecified atom stereocenters. The van der Waals surface area contributed by atoms with Crippen LogP contribution < -0.4 is 0 Å². The van der Waals surface area contributed by atoms with Crippen molar-refractivity contribution in [2.24, 2.45) is 7.05 Å². The molecule has 0 atom stereocenters. The molecule has 2 heterocycles. The SMILES string of the molecule is Cc1c(-c2ncc(Cl)cc2F)nn(C)c1C[SH](=O)=O. The van der Waals surface area contributed by atoms with Crippen molar-refractivity contribution in [3.05, 3.63) is 34.4 Å². The summed E-state index contributed by atoms with van der Waals surface area (Å²) < 4.78 is 36.9. The number of aryl methyl sites for hydroxylation is 1. The van der Waals surface area contributed by atoms with Crippen molar-refractivity contribution >= 4 is 22.3 Å². The van der Waals surface area contributed by atoms with Crippen molar-refractivity contribution in [1.29, 1.82) is 0 Å². The fourth-order valence-electron chi connectivity index (χ4n) is 1.82. The van der Waals surface area contributed by atoms with Gasteiger partial charge < -0.3 is 0 Å². The molecule has 0 saturated carbocycles. The van der Waals surface area contributed by atoms with Gasteiger partial charge in [0.15, 0.2) is 5.82 Å². The molecule has 102 valence electrons. The molecular formula is C11H11ClFN3O2S. The second kappa shape index (κ2) is 5.26. The molecule has 0 aliphatic heterocycles. The maximum absolute atomic E-state index is 13.8. The Morgan fingerprint density at radius 3 is 2.68 bits per heavy atom. The number of halogens is 2. The summed E-state index contributed by atoms with van der Waals surface area (Å²) in [6, 6.07) is 1.14. The van der Waals surface area contributed by atoms with Gasteiger partial charge in [0, 0.05) is 18.8 Å². The Labute approximate surface area is 116 Å². The summed E-state index contributed by atoms with van der Waals surface area (Å²) in [5.74, 6) is -0.730. The highest BCUT2D eigenvalue weighted by Gasteiger charge is 2.18. The average molecular weight is 304 g/mol. The molecule has 0 fully saturated rings. The van der Waals surface area contributed by atoms with Crippen LogP contribution in [0.5, 0.6) is 0 Å². The van der Waals surface area contributed by atoms with E-state index >= 15 is 0 Å². The van der Waals surface area contributed by atoms with E-state index in [1.807, 2.05) is 0 Å². The van der Waals surface area contributed by atoms with Crippen LogP contribution in [0.4, 0.5) is 4.39 Å². The number of thiol groups is 1. The van der Waals surface area contributed by atoms with Gasteiger partial charge in [-0.05, 0) is 13.0 Å². The van der Waals surface area contributed by atoms with Crippen molar-refractivity contribution in [3.8, 4) is 11.4 Å². The molecule has 0 amide bonds. The monoisotopic (exact) mass is 303 g/mol. The van der Waals surface area contributed by atoms with Crippen LogP contribution in [0.25, 0.3) is 11.4 Å². The minimum Gasteiger partial charge on any atom is -0.271 e. The first kappa shape index (κ1) is 14.0. The molecule has 2 rings (SSSR count). The Bertz CT molecular complexity index is 704. The van der Waals surface area contributed by atoms with Gasteiger partial charge in [0.25, 0.3) is 0 Å². The van der Waals surface area contributed by atoms with Crippen LogP contribution in [-0.4, -0.2) is 23.2 Å². The normalized spacial score (nSPS) is 11.2. The van der Waals surface area contributed by atoms with Crippen molar-refractivity contribution in [1.82, 2.24) is 14.8 Å². The molecule has 5 nitrogen and oxygen atoms in total. The number of aromatic nitrogens is 3. The van der Waals surface area contributed by atoms with Gasteiger partial charge in [0.1, 0.15) is 22.1 Å².